The number of halogens is 1. The maximum absolute atomic E-state index is 13.8. The summed E-state index contributed by atoms with van der Waals surface area (Å²) in [5.74, 6) is 2.72. The highest BCUT2D eigenvalue weighted by Gasteiger charge is 2.52. The van der Waals surface area contributed by atoms with Crippen molar-refractivity contribution >= 4 is 5.69 Å². The predicted octanol–water partition coefficient (Wildman–Crippen LogP) is 1.41. The van der Waals surface area contributed by atoms with Gasteiger partial charge in [-0.25, -0.2) is 4.39 Å². The van der Waals surface area contributed by atoms with Gasteiger partial charge in [0.15, 0.2) is 0 Å². The van der Waals surface area contributed by atoms with Crippen molar-refractivity contribution in [2.45, 2.75) is 0 Å². The normalized spacial score (nSPS) is 33.2. The molecular formula is C16H22FN3. The maximum Gasteiger partial charge on any atom is 0.146 e. The first-order valence-electron chi connectivity index (χ1n) is 7.75. The molecule has 1 N–H and O–H groups in total. The highest BCUT2D eigenvalue weighted by Crippen LogP contribution is 2.48. The van der Waals surface area contributed by atoms with Crippen LogP contribution in [0.25, 0.3) is 0 Å². The molecule has 0 aromatic heterocycles. The fourth-order valence-corrected chi connectivity index (χ4v) is 4.00. The molecule has 1 saturated carbocycles. The lowest BCUT2D eigenvalue weighted by Crippen LogP contribution is -2.47. The van der Waals surface area contributed by atoms with E-state index in [4.69, 9.17) is 0 Å². The molecule has 3 atom stereocenters. The van der Waals surface area contributed by atoms with Gasteiger partial charge in [-0.3, -0.25) is 4.90 Å². The van der Waals surface area contributed by atoms with E-state index in [1.54, 1.807) is 12.1 Å². The Morgan fingerprint density at radius 2 is 1.75 bits per heavy atom. The van der Waals surface area contributed by atoms with Crippen LogP contribution in [0.15, 0.2) is 24.3 Å². The molecule has 4 heteroatoms. The number of hydrogen-bond acceptors (Lipinski definition) is 3. The van der Waals surface area contributed by atoms with Gasteiger partial charge in [-0.2, -0.15) is 0 Å². The van der Waals surface area contributed by atoms with Gasteiger partial charge in [0.25, 0.3) is 0 Å². The first-order chi connectivity index (χ1) is 9.83. The second kappa shape index (κ2) is 5.01. The Morgan fingerprint density at radius 1 is 1.05 bits per heavy atom. The fourth-order valence-electron chi connectivity index (χ4n) is 4.00. The van der Waals surface area contributed by atoms with Crippen molar-refractivity contribution in [1.29, 1.82) is 0 Å². The van der Waals surface area contributed by atoms with E-state index in [1.165, 1.54) is 19.6 Å². The third-order valence-electron chi connectivity index (χ3n) is 5.30. The van der Waals surface area contributed by atoms with Gasteiger partial charge in [0.1, 0.15) is 5.82 Å². The largest absolute Gasteiger partial charge is 0.367 e. The highest BCUT2D eigenvalue weighted by molar-refractivity contribution is 5.47. The minimum Gasteiger partial charge on any atom is -0.367 e. The van der Waals surface area contributed by atoms with Crippen LogP contribution in [0.4, 0.5) is 10.1 Å². The molecule has 1 aromatic carbocycles. The lowest BCUT2D eigenvalue weighted by molar-refractivity contribution is 0.237. The second-order valence-corrected chi connectivity index (χ2v) is 6.39. The molecule has 0 amide bonds. The summed E-state index contributed by atoms with van der Waals surface area (Å²) in [6.07, 6.45) is 0. The Labute approximate surface area is 119 Å². The van der Waals surface area contributed by atoms with Crippen molar-refractivity contribution in [2.75, 3.05) is 50.7 Å². The van der Waals surface area contributed by atoms with Crippen LogP contribution in [0.2, 0.25) is 0 Å². The minimum absolute atomic E-state index is 0.0938. The molecule has 1 aliphatic carbocycles. The van der Waals surface area contributed by atoms with Crippen LogP contribution in [0.1, 0.15) is 0 Å². The summed E-state index contributed by atoms with van der Waals surface area (Å²) in [5, 5.41) is 3.46. The van der Waals surface area contributed by atoms with Crippen LogP contribution < -0.4 is 10.2 Å². The second-order valence-electron chi connectivity index (χ2n) is 6.39. The van der Waals surface area contributed by atoms with Gasteiger partial charge in [-0.15, -0.1) is 0 Å². The van der Waals surface area contributed by atoms with Crippen LogP contribution in [0, 0.1) is 23.6 Å². The molecule has 0 bridgehead atoms. The van der Waals surface area contributed by atoms with Crippen molar-refractivity contribution in [3.8, 4) is 0 Å². The molecule has 1 unspecified atom stereocenters. The number of benzene rings is 1. The van der Waals surface area contributed by atoms with Gasteiger partial charge in [0.2, 0.25) is 0 Å². The van der Waals surface area contributed by atoms with Crippen LogP contribution in [-0.2, 0) is 0 Å². The van der Waals surface area contributed by atoms with E-state index in [1.807, 2.05) is 12.1 Å². The van der Waals surface area contributed by atoms with Crippen molar-refractivity contribution in [2.24, 2.45) is 17.8 Å². The van der Waals surface area contributed by atoms with Gasteiger partial charge < -0.3 is 10.2 Å². The van der Waals surface area contributed by atoms with E-state index in [0.717, 1.165) is 49.6 Å². The zero-order valence-corrected chi connectivity index (χ0v) is 11.8. The SMILES string of the molecule is Fc1ccccc1N1CCN(CC2[C@H]3CNC[C@@H]23)CC1. The number of fused-ring (bicyclic) bond motifs is 1. The highest BCUT2D eigenvalue weighted by atomic mass is 19.1. The van der Waals surface area contributed by atoms with E-state index in [-0.39, 0.29) is 5.82 Å². The maximum atomic E-state index is 13.8. The van der Waals surface area contributed by atoms with E-state index in [9.17, 15) is 4.39 Å². The van der Waals surface area contributed by atoms with Crippen LogP contribution >= 0.6 is 0 Å². The Hall–Kier alpha value is -1.13. The van der Waals surface area contributed by atoms with E-state index in [0.29, 0.717) is 0 Å². The standard InChI is InChI=1S/C16H22FN3/c17-15-3-1-2-4-16(15)20-7-5-19(6-8-20)11-14-12-9-18-10-13(12)14/h1-4,12-14,18H,5-11H2/t12-,13+,14?. The van der Waals surface area contributed by atoms with Gasteiger partial charge in [0.05, 0.1) is 5.69 Å². The van der Waals surface area contributed by atoms with Crippen molar-refractivity contribution < 1.29 is 4.39 Å². The summed E-state index contributed by atoms with van der Waals surface area (Å²) in [6, 6.07) is 7.13. The number of piperazine rings is 1. The molecule has 1 aromatic rings. The molecule has 2 aliphatic heterocycles. The average Bonchev–Trinajstić information content (AvgIpc) is 2.91. The molecule has 3 nitrogen and oxygen atoms in total. The zero-order valence-electron chi connectivity index (χ0n) is 11.8. The van der Waals surface area contributed by atoms with Crippen molar-refractivity contribution in [3.05, 3.63) is 30.1 Å². The van der Waals surface area contributed by atoms with Crippen LogP contribution in [0.3, 0.4) is 0 Å². The molecule has 3 fully saturated rings. The minimum atomic E-state index is -0.0938. The number of rotatable bonds is 3. The van der Waals surface area contributed by atoms with Gasteiger partial charge in [-0.1, -0.05) is 12.1 Å². The lowest BCUT2D eigenvalue weighted by atomic mass is 10.2. The van der Waals surface area contributed by atoms with E-state index in [2.05, 4.69) is 15.1 Å². The summed E-state index contributed by atoms with van der Waals surface area (Å²) in [7, 11) is 0. The van der Waals surface area contributed by atoms with E-state index >= 15 is 0 Å². The molecular weight excluding hydrogens is 253 g/mol. The summed E-state index contributed by atoms with van der Waals surface area (Å²) >= 11 is 0. The van der Waals surface area contributed by atoms with Gasteiger partial charge in [0, 0.05) is 32.7 Å². The van der Waals surface area contributed by atoms with Crippen LogP contribution in [-0.4, -0.2) is 50.7 Å². The number of anilines is 1. The third-order valence-corrected chi connectivity index (χ3v) is 5.30. The number of nitrogens with one attached hydrogen (secondary N) is 1. The lowest BCUT2D eigenvalue weighted by Gasteiger charge is -2.36. The van der Waals surface area contributed by atoms with Gasteiger partial charge in [-0.05, 0) is 43.0 Å². The Bertz CT molecular complexity index is 474. The molecule has 2 saturated heterocycles. The summed E-state index contributed by atoms with van der Waals surface area (Å²) in [4.78, 5) is 4.75. The third kappa shape index (κ3) is 2.21. The first kappa shape index (κ1) is 12.6. The Morgan fingerprint density at radius 3 is 2.45 bits per heavy atom. The van der Waals surface area contributed by atoms with Crippen LogP contribution in [0.5, 0.6) is 0 Å². The predicted molar refractivity (Wildman–Crippen MR) is 78.4 cm³/mol. The average molecular weight is 275 g/mol. The number of para-hydroxylation sites is 1. The molecule has 3 aliphatic rings. The topological polar surface area (TPSA) is 18.5 Å². The quantitative estimate of drug-likeness (QED) is 0.900. The fraction of sp³-hybridized carbons (Fsp3) is 0.625. The molecule has 108 valence electrons. The molecule has 20 heavy (non-hydrogen) atoms. The summed E-state index contributed by atoms with van der Waals surface area (Å²) < 4.78 is 13.8. The van der Waals surface area contributed by atoms with Gasteiger partial charge >= 0.3 is 0 Å². The van der Waals surface area contributed by atoms with Crippen molar-refractivity contribution in [3.63, 3.8) is 0 Å². The molecule has 0 spiro atoms. The summed E-state index contributed by atoms with van der Waals surface area (Å²) in [5.41, 5.74) is 0.764. The molecule has 2 heterocycles. The molecule has 0 radical (unpaired) electrons. The smallest absolute Gasteiger partial charge is 0.146 e. The number of hydrogen-bond donors (Lipinski definition) is 1. The van der Waals surface area contributed by atoms with E-state index < -0.39 is 0 Å². The Balaban J connectivity index is 1.31. The first-order valence-corrected chi connectivity index (χ1v) is 7.75. The number of piperidine rings is 1. The number of nitrogens with zero attached hydrogens (tertiary/aromatic N) is 2. The molecule has 4 rings (SSSR count). The van der Waals surface area contributed by atoms with Crippen molar-refractivity contribution in [1.82, 2.24) is 10.2 Å². The monoisotopic (exact) mass is 275 g/mol. The Kier molecular flexibility index (Phi) is 3.15. The zero-order chi connectivity index (χ0) is 13.5. The summed E-state index contributed by atoms with van der Waals surface area (Å²) in [6.45, 7) is 7.73.